The van der Waals surface area contributed by atoms with Gasteiger partial charge in [-0.05, 0) is 23.8 Å². The third-order valence-electron chi connectivity index (χ3n) is 5.06. The van der Waals surface area contributed by atoms with Crippen LogP contribution >= 0.6 is 0 Å². The number of allylic oxidation sites excluding steroid dienone is 2. The first-order chi connectivity index (χ1) is 11.1. The first kappa shape index (κ1) is 14.1. The maximum absolute atomic E-state index is 12.5. The summed E-state index contributed by atoms with van der Waals surface area (Å²) in [6.07, 6.45) is 3.39. The van der Waals surface area contributed by atoms with E-state index in [4.69, 9.17) is 0 Å². The van der Waals surface area contributed by atoms with Crippen LogP contribution in [0.4, 0.5) is 0 Å². The Balaban J connectivity index is 1.51. The van der Waals surface area contributed by atoms with Gasteiger partial charge >= 0.3 is 0 Å². The molecule has 2 fully saturated rings. The fourth-order valence-corrected chi connectivity index (χ4v) is 3.97. The number of aliphatic hydroxyl groups excluding tert-OH is 1. The number of hydrazine groups is 1. The Morgan fingerprint density at radius 2 is 1.65 bits per heavy atom. The predicted octanol–water partition coefficient (Wildman–Crippen LogP) is 0.558. The quantitative estimate of drug-likeness (QED) is 0.631. The Morgan fingerprint density at radius 3 is 2.22 bits per heavy atom. The molecule has 1 heterocycles. The van der Waals surface area contributed by atoms with E-state index in [-0.39, 0.29) is 35.5 Å². The smallest absolute Gasteiger partial charge is 0.272 e. The number of amides is 3. The summed E-state index contributed by atoms with van der Waals surface area (Å²) in [5.41, 5.74) is 2.70. The molecule has 4 rings (SSSR count). The van der Waals surface area contributed by atoms with Crippen molar-refractivity contribution in [1.82, 2.24) is 10.4 Å². The molecule has 118 valence electrons. The molecule has 0 spiro atoms. The van der Waals surface area contributed by atoms with E-state index < -0.39 is 12.0 Å². The summed E-state index contributed by atoms with van der Waals surface area (Å²) in [4.78, 5) is 37.1. The lowest BCUT2D eigenvalue weighted by Gasteiger charge is -2.20. The molecule has 23 heavy (non-hydrogen) atoms. The van der Waals surface area contributed by atoms with E-state index in [0.29, 0.717) is 5.56 Å². The Kier molecular flexibility index (Phi) is 3.09. The van der Waals surface area contributed by atoms with Gasteiger partial charge in [-0.15, -0.1) is 0 Å². The lowest BCUT2D eigenvalue weighted by Crippen LogP contribution is -2.49. The van der Waals surface area contributed by atoms with Crippen LogP contribution in [0.5, 0.6) is 0 Å². The minimum atomic E-state index is -1.42. The second-order valence-electron chi connectivity index (χ2n) is 6.30. The summed E-state index contributed by atoms with van der Waals surface area (Å²) >= 11 is 0. The highest BCUT2D eigenvalue weighted by molar-refractivity contribution is 6.07. The fourth-order valence-electron chi connectivity index (χ4n) is 3.97. The Morgan fingerprint density at radius 1 is 1.09 bits per heavy atom. The van der Waals surface area contributed by atoms with Crippen LogP contribution in [0.3, 0.4) is 0 Å². The zero-order valence-electron chi connectivity index (χ0n) is 12.3. The van der Waals surface area contributed by atoms with Gasteiger partial charge in [-0.2, -0.15) is 5.01 Å². The highest BCUT2D eigenvalue weighted by Gasteiger charge is 2.59. The minimum Gasteiger partial charge on any atom is -0.378 e. The number of imide groups is 1. The molecule has 3 aliphatic rings. The number of benzene rings is 1. The molecule has 1 saturated carbocycles. The highest BCUT2D eigenvalue weighted by atomic mass is 16.3. The second-order valence-corrected chi connectivity index (χ2v) is 6.30. The van der Waals surface area contributed by atoms with Crippen LogP contribution in [0.25, 0.3) is 0 Å². The van der Waals surface area contributed by atoms with Crippen molar-refractivity contribution in [3.05, 3.63) is 48.0 Å². The van der Waals surface area contributed by atoms with E-state index >= 15 is 0 Å². The predicted molar refractivity (Wildman–Crippen MR) is 79.1 cm³/mol. The average Bonchev–Trinajstić information content (AvgIpc) is 3.24. The molecule has 1 aliphatic heterocycles. The molecule has 0 aromatic heterocycles. The molecule has 6 nitrogen and oxygen atoms in total. The minimum absolute atomic E-state index is 0.0856. The van der Waals surface area contributed by atoms with Gasteiger partial charge in [0.1, 0.15) is 0 Å². The third kappa shape index (κ3) is 2.02. The summed E-state index contributed by atoms with van der Waals surface area (Å²) in [5, 5.41) is 10.9. The molecule has 1 aromatic carbocycles. The van der Waals surface area contributed by atoms with Gasteiger partial charge in [-0.25, -0.2) is 0 Å². The molecule has 0 unspecified atom stereocenters. The van der Waals surface area contributed by atoms with Crippen LogP contribution in [-0.4, -0.2) is 27.8 Å². The SMILES string of the molecule is O=C(NN1C(=O)[C@@H]2[C@H](C1=O)[C@@H]1C=C[C@@H]2C1)[C@H](O)c1ccccc1. The van der Waals surface area contributed by atoms with Gasteiger partial charge < -0.3 is 5.11 Å². The number of aliphatic hydroxyl groups is 1. The summed E-state index contributed by atoms with van der Waals surface area (Å²) in [7, 11) is 0. The highest BCUT2D eigenvalue weighted by Crippen LogP contribution is 2.52. The van der Waals surface area contributed by atoms with Crippen LogP contribution in [-0.2, 0) is 14.4 Å². The molecule has 2 N–H and O–H groups in total. The maximum atomic E-state index is 12.5. The third-order valence-corrected chi connectivity index (χ3v) is 5.06. The molecule has 0 radical (unpaired) electrons. The van der Waals surface area contributed by atoms with Gasteiger partial charge in [-0.1, -0.05) is 42.5 Å². The van der Waals surface area contributed by atoms with Crippen molar-refractivity contribution in [1.29, 1.82) is 0 Å². The van der Waals surface area contributed by atoms with Gasteiger partial charge in [0, 0.05) is 0 Å². The molecule has 2 bridgehead atoms. The van der Waals surface area contributed by atoms with Crippen LogP contribution in [0.2, 0.25) is 0 Å². The zero-order chi connectivity index (χ0) is 16.1. The standard InChI is InChI=1S/C17H16N2O4/c20-14(9-4-2-1-3-5-9)15(21)18-19-16(22)12-10-6-7-11(8-10)13(12)17(19)23/h1-7,10-14,20H,8H2,(H,18,21)/t10-,11-,12-,13+,14-/m1/s1. The lowest BCUT2D eigenvalue weighted by atomic mass is 9.85. The van der Waals surface area contributed by atoms with Crippen LogP contribution in [0.15, 0.2) is 42.5 Å². The molecule has 5 atom stereocenters. The van der Waals surface area contributed by atoms with E-state index in [1.807, 2.05) is 12.2 Å². The van der Waals surface area contributed by atoms with E-state index in [0.717, 1.165) is 11.4 Å². The summed E-state index contributed by atoms with van der Waals surface area (Å²) < 4.78 is 0. The Hall–Kier alpha value is -2.47. The number of carbonyl (C=O) groups excluding carboxylic acids is 3. The fraction of sp³-hybridized carbons (Fsp3) is 0.353. The number of hydrogen-bond donors (Lipinski definition) is 2. The van der Waals surface area contributed by atoms with Gasteiger partial charge in [0.15, 0.2) is 6.10 Å². The van der Waals surface area contributed by atoms with Crippen molar-refractivity contribution in [2.24, 2.45) is 23.7 Å². The van der Waals surface area contributed by atoms with Crippen LogP contribution < -0.4 is 5.43 Å². The van der Waals surface area contributed by atoms with E-state index in [9.17, 15) is 19.5 Å². The lowest BCUT2D eigenvalue weighted by molar-refractivity contribution is -0.152. The van der Waals surface area contributed by atoms with Crippen LogP contribution in [0.1, 0.15) is 18.1 Å². The summed E-state index contributed by atoms with van der Waals surface area (Å²) in [6, 6.07) is 8.39. The molecule has 2 aliphatic carbocycles. The first-order valence-corrected chi connectivity index (χ1v) is 7.67. The van der Waals surface area contributed by atoms with Crippen molar-refractivity contribution in [3.63, 3.8) is 0 Å². The van der Waals surface area contributed by atoms with Crippen molar-refractivity contribution < 1.29 is 19.5 Å². The Bertz CT molecular complexity index is 685. The van der Waals surface area contributed by atoms with Gasteiger partial charge in [0.2, 0.25) is 0 Å². The summed E-state index contributed by atoms with van der Waals surface area (Å²) in [5.74, 6) is -2.09. The van der Waals surface area contributed by atoms with Crippen molar-refractivity contribution >= 4 is 17.7 Å². The topological polar surface area (TPSA) is 86.7 Å². The van der Waals surface area contributed by atoms with E-state index in [2.05, 4.69) is 5.43 Å². The van der Waals surface area contributed by atoms with Crippen LogP contribution in [0, 0.1) is 23.7 Å². The number of nitrogens with one attached hydrogen (secondary N) is 1. The van der Waals surface area contributed by atoms with E-state index in [1.54, 1.807) is 30.3 Å². The molecule has 1 saturated heterocycles. The largest absolute Gasteiger partial charge is 0.378 e. The number of nitrogens with zero attached hydrogens (tertiary/aromatic N) is 1. The zero-order valence-corrected chi connectivity index (χ0v) is 12.3. The van der Waals surface area contributed by atoms with Crippen molar-refractivity contribution in [2.45, 2.75) is 12.5 Å². The van der Waals surface area contributed by atoms with Gasteiger partial charge in [0.25, 0.3) is 17.7 Å². The molecular weight excluding hydrogens is 296 g/mol. The van der Waals surface area contributed by atoms with Gasteiger partial charge in [0.05, 0.1) is 11.8 Å². The maximum Gasteiger partial charge on any atom is 0.272 e. The number of hydrogen-bond acceptors (Lipinski definition) is 4. The molecule has 3 amide bonds. The number of rotatable bonds is 3. The molecule has 1 aromatic rings. The summed E-state index contributed by atoms with van der Waals surface area (Å²) in [6.45, 7) is 0. The normalized spacial score (nSPS) is 32.3. The van der Waals surface area contributed by atoms with E-state index in [1.165, 1.54) is 0 Å². The number of fused-ring (bicyclic) bond motifs is 5. The molecule has 6 heteroatoms. The first-order valence-electron chi connectivity index (χ1n) is 7.67. The van der Waals surface area contributed by atoms with Crippen molar-refractivity contribution in [3.8, 4) is 0 Å². The average molecular weight is 312 g/mol. The Labute approximate surface area is 132 Å². The monoisotopic (exact) mass is 312 g/mol. The number of carbonyl (C=O) groups is 3. The second kappa shape index (κ2) is 5.03. The van der Waals surface area contributed by atoms with Gasteiger partial charge in [-0.3, -0.25) is 19.8 Å². The van der Waals surface area contributed by atoms with Crippen molar-refractivity contribution in [2.75, 3.05) is 0 Å². The molecular formula is C17H16N2O4.